The monoisotopic (exact) mass is 283 g/mol. The van der Waals surface area contributed by atoms with Gasteiger partial charge in [0.05, 0.1) is 5.69 Å². The molecule has 4 nitrogen and oxygen atoms in total. The smallest absolute Gasteiger partial charge is 0.247 e. The minimum absolute atomic E-state index is 0.0614. The lowest BCUT2D eigenvalue weighted by Crippen LogP contribution is -2.62. The van der Waals surface area contributed by atoms with Gasteiger partial charge in [-0.25, -0.2) is 8.78 Å². The molecule has 1 heterocycles. The molecule has 1 aromatic carbocycles. The van der Waals surface area contributed by atoms with Crippen LogP contribution in [0.4, 0.5) is 14.5 Å². The maximum atomic E-state index is 14.2. The first kappa shape index (κ1) is 14.7. The summed E-state index contributed by atoms with van der Waals surface area (Å²) in [7, 11) is 1.70. The number of hydrogen-bond donors (Lipinski definition) is 1. The van der Waals surface area contributed by atoms with Crippen molar-refractivity contribution in [1.82, 2.24) is 4.90 Å². The number of rotatable bonds is 2. The van der Waals surface area contributed by atoms with Gasteiger partial charge in [-0.05, 0) is 19.9 Å². The molecule has 2 rings (SSSR count). The van der Waals surface area contributed by atoms with Crippen molar-refractivity contribution >= 4 is 11.6 Å². The molecule has 0 aromatic heterocycles. The van der Waals surface area contributed by atoms with Crippen LogP contribution in [-0.2, 0) is 11.3 Å². The first-order valence-corrected chi connectivity index (χ1v) is 6.51. The van der Waals surface area contributed by atoms with Gasteiger partial charge in [0.2, 0.25) is 5.91 Å². The third-order valence-corrected chi connectivity index (χ3v) is 3.86. The largest absolute Gasteiger partial charge is 0.353 e. The van der Waals surface area contributed by atoms with Gasteiger partial charge >= 0.3 is 0 Å². The summed E-state index contributed by atoms with van der Waals surface area (Å²) in [6.07, 6.45) is 0. The number of amides is 1. The molecule has 0 atom stereocenters. The molecular weight excluding hydrogens is 264 g/mol. The topological polar surface area (TPSA) is 49.6 Å². The summed E-state index contributed by atoms with van der Waals surface area (Å²) in [6.45, 7) is 4.28. The van der Waals surface area contributed by atoms with Crippen LogP contribution in [0, 0.1) is 11.6 Å². The second-order valence-corrected chi connectivity index (χ2v) is 5.51. The van der Waals surface area contributed by atoms with Crippen LogP contribution in [-0.4, -0.2) is 36.5 Å². The van der Waals surface area contributed by atoms with Gasteiger partial charge in [-0.1, -0.05) is 6.07 Å². The molecule has 0 spiro atoms. The van der Waals surface area contributed by atoms with E-state index in [-0.39, 0.29) is 23.7 Å². The average Bonchev–Trinajstić information content (AvgIpc) is 2.40. The summed E-state index contributed by atoms with van der Waals surface area (Å²) >= 11 is 0. The van der Waals surface area contributed by atoms with Crippen molar-refractivity contribution in [2.45, 2.75) is 25.9 Å². The quantitative estimate of drug-likeness (QED) is 0.894. The summed E-state index contributed by atoms with van der Waals surface area (Å²) in [5, 5.41) is 0. The van der Waals surface area contributed by atoms with E-state index >= 15 is 0 Å². The Labute approximate surface area is 117 Å². The fourth-order valence-electron chi connectivity index (χ4n) is 2.58. The minimum atomic E-state index is -0.946. The van der Waals surface area contributed by atoms with Crippen LogP contribution >= 0.6 is 0 Å². The molecule has 6 heteroatoms. The molecule has 1 fully saturated rings. The molecular formula is C14H19F2N3O. The zero-order chi connectivity index (χ0) is 15.1. The first-order chi connectivity index (χ1) is 9.30. The molecule has 0 saturated carbocycles. The van der Waals surface area contributed by atoms with Crippen molar-refractivity contribution in [3.8, 4) is 0 Å². The number of hydrogen-bond acceptors (Lipinski definition) is 3. The third-order valence-electron chi connectivity index (χ3n) is 3.86. The maximum absolute atomic E-state index is 14.2. The van der Waals surface area contributed by atoms with Gasteiger partial charge in [-0.3, -0.25) is 4.79 Å². The number of halogens is 2. The molecule has 1 aliphatic heterocycles. The van der Waals surface area contributed by atoms with Gasteiger partial charge < -0.3 is 15.5 Å². The van der Waals surface area contributed by atoms with E-state index < -0.39 is 17.2 Å². The second-order valence-electron chi connectivity index (χ2n) is 5.51. The van der Waals surface area contributed by atoms with Gasteiger partial charge in [0.25, 0.3) is 0 Å². The Kier molecular flexibility index (Phi) is 3.69. The predicted molar refractivity (Wildman–Crippen MR) is 73.3 cm³/mol. The molecule has 0 radical (unpaired) electrons. The lowest BCUT2D eigenvalue weighted by molar-refractivity contribution is -0.136. The number of nitrogens with zero attached hydrogens (tertiary/aromatic N) is 2. The van der Waals surface area contributed by atoms with Crippen molar-refractivity contribution in [1.29, 1.82) is 0 Å². The highest BCUT2D eigenvalue weighted by molar-refractivity contribution is 5.90. The van der Waals surface area contributed by atoms with E-state index in [2.05, 4.69) is 0 Å². The van der Waals surface area contributed by atoms with Crippen molar-refractivity contribution in [3.05, 3.63) is 29.3 Å². The Morgan fingerprint density at radius 1 is 1.25 bits per heavy atom. The number of nitrogens with two attached hydrogens (primary N) is 1. The van der Waals surface area contributed by atoms with Crippen LogP contribution in [0.15, 0.2) is 12.1 Å². The normalized spacial score (nSPS) is 18.6. The Balaban J connectivity index is 2.46. The fraction of sp³-hybridized carbons (Fsp3) is 0.500. The summed E-state index contributed by atoms with van der Waals surface area (Å²) in [5.74, 6) is -2.00. The number of carbonyl (C=O) groups is 1. The number of likely N-dealkylation sites (N-methyl/N-ethyl adjacent to an activating group) is 1. The van der Waals surface area contributed by atoms with E-state index in [1.165, 1.54) is 12.1 Å². The van der Waals surface area contributed by atoms with Gasteiger partial charge in [0.1, 0.15) is 5.54 Å². The minimum Gasteiger partial charge on any atom is -0.353 e. The molecule has 1 aromatic rings. The Morgan fingerprint density at radius 2 is 1.90 bits per heavy atom. The first-order valence-electron chi connectivity index (χ1n) is 6.51. The van der Waals surface area contributed by atoms with Crippen molar-refractivity contribution in [3.63, 3.8) is 0 Å². The number of benzene rings is 1. The zero-order valence-electron chi connectivity index (χ0n) is 11.9. The van der Waals surface area contributed by atoms with E-state index in [9.17, 15) is 13.6 Å². The molecule has 1 saturated heterocycles. The summed E-state index contributed by atoms with van der Waals surface area (Å²) in [4.78, 5) is 15.4. The van der Waals surface area contributed by atoms with Crippen LogP contribution in [0.2, 0.25) is 0 Å². The molecule has 2 N–H and O–H groups in total. The SMILES string of the molecule is CN1CCN(c2ccc(CN)c(F)c2F)C(C)(C)C1=O. The van der Waals surface area contributed by atoms with E-state index in [0.717, 1.165) is 0 Å². The molecule has 1 aliphatic rings. The van der Waals surface area contributed by atoms with Gasteiger partial charge in [0.15, 0.2) is 11.6 Å². The molecule has 20 heavy (non-hydrogen) atoms. The van der Waals surface area contributed by atoms with Gasteiger partial charge in [0, 0.05) is 32.2 Å². The molecule has 0 unspecified atom stereocenters. The Morgan fingerprint density at radius 3 is 2.50 bits per heavy atom. The van der Waals surface area contributed by atoms with E-state index in [0.29, 0.717) is 13.1 Å². The molecule has 110 valence electrons. The summed E-state index contributed by atoms with van der Waals surface area (Å²) in [5.41, 5.74) is 4.68. The molecule has 0 aliphatic carbocycles. The third kappa shape index (κ3) is 2.14. The van der Waals surface area contributed by atoms with Crippen LogP contribution in [0.3, 0.4) is 0 Å². The lowest BCUT2D eigenvalue weighted by Gasteiger charge is -2.46. The highest BCUT2D eigenvalue weighted by atomic mass is 19.2. The van der Waals surface area contributed by atoms with Crippen molar-refractivity contribution in [2.24, 2.45) is 5.73 Å². The van der Waals surface area contributed by atoms with Crippen LogP contribution in [0.5, 0.6) is 0 Å². The van der Waals surface area contributed by atoms with Crippen LogP contribution in [0.25, 0.3) is 0 Å². The zero-order valence-corrected chi connectivity index (χ0v) is 11.9. The summed E-state index contributed by atoms with van der Waals surface area (Å²) in [6, 6.07) is 2.95. The van der Waals surface area contributed by atoms with Crippen molar-refractivity contribution < 1.29 is 13.6 Å². The van der Waals surface area contributed by atoms with Crippen molar-refractivity contribution in [2.75, 3.05) is 25.0 Å². The lowest BCUT2D eigenvalue weighted by atomic mass is 9.96. The highest BCUT2D eigenvalue weighted by Gasteiger charge is 2.41. The highest BCUT2D eigenvalue weighted by Crippen LogP contribution is 2.32. The van der Waals surface area contributed by atoms with E-state index in [1.807, 2.05) is 0 Å². The van der Waals surface area contributed by atoms with Crippen LogP contribution in [0.1, 0.15) is 19.4 Å². The Bertz CT molecular complexity index is 545. The van der Waals surface area contributed by atoms with Gasteiger partial charge in [-0.15, -0.1) is 0 Å². The molecule has 0 bridgehead atoms. The molecule has 1 amide bonds. The summed E-state index contributed by atoms with van der Waals surface area (Å²) < 4.78 is 28.1. The van der Waals surface area contributed by atoms with E-state index in [1.54, 1.807) is 30.7 Å². The Hall–Kier alpha value is -1.69. The fourth-order valence-corrected chi connectivity index (χ4v) is 2.58. The maximum Gasteiger partial charge on any atom is 0.247 e. The predicted octanol–water partition coefficient (Wildman–Crippen LogP) is 1.48. The number of carbonyl (C=O) groups excluding carboxylic acids is 1. The van der Waals surface area contributed by atoms with Crippen LogP contribution < -0.4 is 10.6 Å². The second kappa shape index (κ2) is 5.01. The van der Waals surface area contributed by atoms with E-state index in [4.69, 9.17) is 5.73 Å². The number of anilines is 1. The number of piperazine rings is 1. The average molecular weight is 283 g/mol. The standard InChI is InChI=1S/C14H19F2N3O/c1-14(2)13(20)18(3)6-7-19(14)10-5-4-9(8-17)11(15)12(10)16/h4-5H,6-8,17H2,1-3H3. The van der Waals surface area contributed by atoms with Gasteiger partial charge in [-0.2, -0.15) is 0 Å².